The maximum atomic E-state index is 13.6. The molecule has 0 radical (unpaired) electrons. The first-order chi connectivity index (χ1) is 14.9. The summed E-state index contributed by atoms with van der Waals surface area (Å²) < 4.78 is 7.11. The van der Waals surface area contributed by atoms with Gasteiger partial charge in [0.15, 0.2) is 0 Å². The fraction of sp³-hybridized carbons (Fsp3) is 0.615. The number of carbonyl (C=O) groups is 1. The number of hydrogen-bond donors (Lipinski definition) is 0. The lowest BCUT2D eigenvalue weighted by atomic mass is 9.84. The van der Waals surface area contributed by atoms with Crippen LogP contribution in [0.1, 0.15) is 77.2 Å². The zero-order valence-electron chi connectivity index (χ0n) is 19.7. The first-order valence-corrected chi connectivity index (χ1v) is 11.9. The highest BCUT2D eigenvalue weighted by molar-refractivity contribution is 5.84. The highest BCUT2D eigenvalue weighted by Gasteiger charge is 2.23. The molecule has 2 aromatic rings. The number of ether oxygens (including phenoxy) is 1. The second-order valence-corrected chi connectivity index (χ2v) is 9.34. The number of amides is 1. The Bertz CT molecular complexity index is 942. The van der Waals surface area contributed by atoms with E-state index in [1.54, 1.807) is 11.7 Å². The molecule has 0 unspecified atom stereocenters. The van der Waals surface area contributed by atoms with Gasteiger partial charge in [-0.05, 0) is 54.7 Å². The molecule has 1 aromatic heterocycles. The summed E-state index contributed by atoms with van der Waals surface area (Å²) in [5.74, 6) is 1.40. The van der Waals surface area contributed by atoms with E-state index in [-0.39, 0.29) is 18.0 Å². The van der Waals surface area contributed by atoms with Gasteiger partial charge in [-0.15, -0.1) is 0 Å². The van der Waals surface area contributed by atoms with Gasteiger partial charge in [-0.25, -0.2) is 0 Å². The van der Waals surface area contributed by atoms with Crippen molar-refractivity contribution < 1.29 is 9.53 Å². The lowest BCUT2D eigenvalue weighted by Crippen LogP contribution is -2.40. The Kier molecular flexibility index (Phi) is 8.16. The molecule has 31 heavy (non-hydrogen) atoms. The van der Waals surface area contributed by atoms with Crippen LogP contribution in [0.4, 0.5) is 0 Å². The molecule has 0 N–H and O–H groups in total. The van der Waals surface area contributed by atoms with Crippen LogP contribution in [-0.4, -0.2) is 35.6 Å². The van der Waals surface area contributed by atoms with Gasteiger partial charge in [0.25, 0.3) is 5.56 Å². The van der Waals surface area contributed by atoms with E-state index < -0.39 is 0 Å². The smallest absolute Gasteiger partial charge is 0.255 e. The normalized spacial score (nSPS) is 14.9. The third kappa shape index (κ3) is 5.69. The first kappa shape index (κ1) is 23.4. The van der Waals surface area contributed by atoms with Gasteiger partial charge in [0, 0.05) is 24.7 Å². The van der Waals surface area contributed by atoms with Crippen LogP contribution in [-0.2, 0) is 11.3 Å². The SMILES string of the molecule is CCCCN(CC(C)C)C(=O)Cn1c(=O)c(C2CCCCC2)cc2ccc(OC)cc21. The average molecular weight is 427 g/mol. The van der Waals surface area contributed by atoms with Crippen molar-refractivity contribution in [3.63, 3.8) is 0 Å². The Labute approximate surface area is 186 Å². The molecular weight excluding hydrogens is 388 g/mol. The van der Waals surface area contributed by atoms with E-state index in [1.807, 2.05) is 23.1 Å². The zero-order chi connectivity index (χ0) is 22.4. The van der Waals surface area contributed by atoms with Crippen molar-refractivity contribution >= 4 is 16.8 Å². The Balaban J connectivity index is 2.03. The predicted molar refractivity (Wildman–Crippen MR) is 127 cm³/mol. The third-order valence-electron chi connectivity index (χ3n) is 6.39. The second kappa shape index (κ2) is 10.8. The monoisotopic (exact) mass is 426 g/mol. The van der Waals surface area contributed by atoms with E-state index in [0.717, 1.165) is 55.2 Å². The zero-order valence-corrected chi connectivity index (χ0v) is 19.7. The number of aromatic nitrogens is 1. The van der Waals surface area contributed by atoms with Crippen LogP contribution in [0, 0.1) is 5.92 Å². The molecule has 0 atom stereocenters. The van der Waals surface area contributed by atoms with E-state index in [4.69, 9.17) is 4.74 Å². The summed E-state index contributed by atoms with van der Waals surface area (Å²) in [5.41, 5.74) is 1.63. The van der Waals surface area contributed by atoms with E-state index in [0.29, 0.717) is 17.6 Å². The molecule has 3 rings (SSSR count). The van der Waals surface area contributed by atoms with Crippen LogP contribution in [0.15, 0.2) is 29.1 Å². The van der Waals surface area contributed by atoms with Crippen LogP contribution in [0.5, 0.6) is 5.75 Å². The molecule has 170 valence electrons. The lowest BCUT2D eigenvalue weighted by molar-refractivity contribution is -0.132. The molecular formula is C26H38N2O3. The standard InChI is InChI=1S/C26H38N2O3/c1-5-6-14-27(17-19(2)3)25(29)18-28-24-16-22(31-4)13-12-21(24)15-23(26(28)30)20-10-8-7-9-11-20/h12-13,15-16,19-20H,5-11,14,17-18H2,1-4H3. The molecule has 0 bridgehead atoms. The largest absolute Gasteiger partial charge is 0.497 e. The quantitative estimate of drug-likeness (QED) is 0.544. The Hall–Kier alpha value is -2.30. The molecule has 0 saturated heterocycles. The van der Waals surface area contributed by atoms with Crippen molar-refractivity contribution in [1.82, 2.24) is 9.47 Å². The summed E-state index contributed by atoms with van der Waals surface area (Å²) >= 11 is 0. The number of unbranched alkanes of at least 4 members (excludes halogenated alkanes) is 1. The van der Waals surface area contributed by atoms with Gasteiger partial charge in [0.2, 0.25) is 5.91 Å². The topological polar surface area (TPSA) is 51.5 Å². The maximum absolute atomic E-state index is 13.6. The Morgan fingerprint density at radius 2 is 1.94 bits per heavy atom. The van der Waals surface area contributed by atoms with E-state index in [2.05, 4.69) is 26.8 Å². The molecule has 0 aliphatic heterocycles. The molecule has 1 fully saturated rings. The van der Waals surface area contributed by atoms with E-state index in [1.165, 1.54) is 19.3 Å². The van der Waals surface area contributed by atoms with Crippen molar-refractivity contribution in [2.45, 2.75) is 78.2 Å². The maximum Gasteiger partial charge on any atom is 0.255 e. The number of methoxy groups -OCH3 is 1. The number of carbonyl (C=O) groups excluding carboxylic acids is 1. The predicted octanol–water partition coefficient (Wildman–Crippen LogP) is 5.34. The van der Waals surface area contributed by atoms with Crippen LogP contribution in [0.2, 0.25) is 0 Å². The summed E-state index contributed by atoms with van der Waals surface area (Å²) in [5, 5.41) is 0.998. The minimum atomic E-state index is -0.0130. The van der Waals surface area contributed by atoms with Crippen LogP contribution in [0.3, 0.4) is 0 Å². The average Bonchev–Trinajstić information content (AvgIpc) is 2.78. The fourth-order valence-corrected chi connectivity index (χ4v) is 4.71. The molecule has 1 aromatic carbocycles. The number of hydrogen-bond acceptors (Lipinski definition) is 3. The first-order valence-electron chi connectivity index (χ1n) is 11.9. The number of nitrogens with zero attached hydrogens (tertiary/aromatic N) is 2. The number of fused-ring (bicyclic) bond motifs is 1. The summed E-state index contributed by atoms with van der Waals surface area (Å²) in [6.45, 7) is 7.93. The molecule has 1 aliphatic carbocycles. The van der Waals surface area contributed by atoms with Gasteiger partial charge < -0.3 is 9.64 Å². The van der Waals surface area contributed by atoms with E-state index in [9.17, 15) is 9.59 Å². The molecule has 5 nitrogen and oxygen atoms in total. The van der Waals surface area contributed by atoms with Crippen molar-refractivity contribution in [2.75, 3.05) is 20.2 Å². The van der Waals surface area contributed by atoms with Crippen molar-refractivity contribution in [3.05, 3.63) is 40.2 Å². The third-order valence-corrected chi connectivity index (χ3v) is 6.39. The molecule has 5 heteroatoms. The van der Waals surface area contributed by atoms with Gasteiger partial charge in [-0.3, -0.25) is 14.2 Å². The van der Waals surface area contributed by atoms with Gasteiger partial charge in [-0.1, -0.05) is 46.5 Å². The number of rotatable bonds is 9. The van der Waals surface area contributed by atoms with Crippen LogP contribution < -0.4 is 10.3 Å². The van der Waals surface area contributed by atoms with Gasteiger partial charge in [0.05, 0.1) is 12.6 Å². The minimum absolute atomic E-state index is 0.0130. The fourth-order valence-electron chi connectivity index (χ4n) is 4.71. The van der Waals surface area contributed by atoms with Crippen LogP contribution >= 0.6 is 0 Å². The highest BCUT2D eigenvalue weighted by atomic mass is 16.5. The van der Waals surface area contributed by atoms with Gasteiger partial charge in [-0.2, -0.15) is 0 Å². The minimum Gasteiger partial charge on any atom is -0.497 e. The summed E-state index contributed by atoms with van der Waals surface area (Å²) in [6, 6.07) is 7.87. The molecule has 1 heterocycles. The van der Waals surface area contributed by atoms with Crippen molar-refractivity contribution in [1.29, 1.82) is 0 Å². The molecule has 1 saturated carbocycles. The Morgan fingerprint density at radius 1 is 1.19 bits per heavy atom. The second-order valence-electron chi connectivity index (χ2n) is 9.34. The molecule has 0 spiro atoms. The molecule has 1 amide bonds. The molecule has 1 aliphatic rings. The highest BCUT2D eigenvalue weighted by Crippen LogP contribution is 2.32. The number of pyridine rings is 1. The summed E-state index contributed by atoms with van der Waals surface area (Å²) in [7, 11) is 1.63. The summed E-state index contributed by atoms with van der Waals surface area (Å²) in [6.07, 6.45) is 7.71. The van der Waals surface area contributed by atoms with Crippen LogP contribution in [0.25, 0.3) is 10.9 Å². The van der Waals surface area contributed by atoms with Gasteiger partial charge in [0.1, 0.15) is 12.3 Å². The van der Waals surface area contributed by atoms with Crippen molar-refractivity contribution in [2.24, 2.45) is 5.92 Å². The van der Waals surface area contributed by atoms with Gasteiger partial charge >= 0.3 is 0 Å². The Morgan fingerprint density at radius 3 is 2.58 bits per heavy atom. The lowest BCUT2D eigenvalue weighted by Gasteiger charge is -2.26. The van der Waals surface area contributed by atoms with Crippen molar-refractivity contribution in [3.8, 4) is 5.75 Å². The van der Waals surface area contributed by atoms with E-state index >= 15 is 0 Å². The summed E-state index contributed by atoms with van der Waals surface area (Å²) in [4.78, 5) is 28.9. The number of benzene rings is 1.